The summed E-state index contributed by atoms with van der Waals surface area (Å²) >= 11 is 3.18. The number of rotatable bonds is 7. The van der Waals surface area contributed by atoms with Crippen LogP contribution in [0.2, 0.25) is 0 Å². The van der Waals surface area contributed by atoms with Crippen molar-refractivity contribution in [2.45, 2.75) is 32.6 Å². The van der Waals surface area contributed by atoms with Crippen LogP contribution in [0.15, 0.2) is 46.2 Å². The molecule has 0 aliphatic carbocycles. The molecule has 0 aliphatic rings. The molecule has 1 atom stereocenters. The summed E-state index contributed by atoms with van der Waals surface area (Å²) in [5.74, 6) is 2.58. The molecule has 2 heterocycles. The molecule has 0 saturated heterocycles. The molecule has 6 heteroatoms. The van der Waals surface area contributed by atoms with E-state index in [1.54, 1.807) is 23.1 Å². The number of carbonyl (C=O) groups is 1. The van der Waals surface area contributed by atoms with Crippen LogP contribution in [0.1, 0.15) is 35.5 Å². The third kappa shape index (κ3) is 4.56. The minimum absolute atomic E-state index is 0.00601. The number of benzene rings is 1. The lowest BCUT2D eigenvalue weighted by atomic mass is 10.1. The monoisotopic (exact) mass is 386 g/mol. The molecular weight excluding hydrogens is 364 g/mol. The largest absolute Gasteiger partial charge is 0.440 e. The van der Waals surface area contributed by atoms with Crippen molar-refractivity contribution >= 4 is 29.0 Å². The SMILES string of the molecule is Cc1ccsc1-c1nc(CSCC(=O)NC(C)c2ccccc2)c(C)o1. The topological polar surface area (TPSA) is 55.1 Å². The van der Waals surface area contributed by atoms with E-state index in [4.69, 9.17) is 4.42 Å². The Labute approximate surface area is 162 Å². The number of oxazole rings is 1. The number of thiophene rings is 1. The average Bonchev–Trinajstić information content (AvgIpc) is 3.21. The maximum atomic E-state index is 12.2. The van der Waals surface area contributed by atoms with Crippen molar-refractivity contribution in [3.05, 3.63) is 64.4 Å². The van der Waals surface area contributed by atoms with Gasteiger partial charge in [0.25, 0.3) is 0 Å². The molecule has 1 amide bonds. The Morgan fingerprint density at radius 2 is 2.04 bits per heavy atom. The predicted octanol–water partition coefficient (Wildman–Crippen LogP) is 5.13. The summed E-state index contributed by atoms with van der Waals surface area (Å²) in [6.07, 6.45) is 0. The fraction of sp³-hybridized carbons (Fsp3) is 0.300. The Balaban J connectivity index is 1.51. The lowest BCUT2D eigenvalue weighted by Gasteiger charge is -2.13. The van der Waals surface area contributed by atoms with E-state index in [9.17, 15) is 4.79 Å². The zero-order chi connectivity index (χ0) is 18.5. The summed E-state index contributed by atoms with van der Waals surface area (Å²) in [4.78, 5) is 17.8. The van der Waals surface area contributed by atoms with Gasteiger partial charge in [-0.2, -0.15) is 0 Å². The normalized spacial score (nSPS) is 12.1. The standard InChI is InChI=1S/C20H22N2O2S2/c1-13-9-10-26-19(13)20-22-17(15(3)24-20)11-25-12-18(23)21-14(2)16-7-5-4-6-8-16/h4-10,14H,11-12H2,1-3H3,(H,21,23). The molecule has 4 nitrogen and oxygen atoms in total. The number of hydrogen-bond acceptors (Lipinski definition) is 5. The number of hydrogen-bond donors (Lipinski definition) is 1. The van der Waals surface area contributed by atoms with Crippen LogP contribution in [0.5, 0.6) is 0 Å². The lowest BCUT2D eigenvalue weighted by Crippen LogP contribution is -2.28. The summed E-state index contributed by atoms with van der Waals surface area (Å²) in [5, 5.41) is 5.07. The number of aryl methyl sites for hydroxylation is 2. The first-order valence-electron chi connectivity index (χ1n) is 8.47. The molecule has 0 fully saturated rings. The summed E-state index contributed by atoms with van der Waals surface area (Å²) in [6, 6.07) is 12.0. The van der Waals surface area contributed by atoms with Crippen molar-refractivity contribution in [3.8, 4) is 10.8 Å². The first kappa shape index (κ1) is 18.7. The highest BCUT2D eigenvalue weighted by Gasteiger charge is 2.15. The van der Waals surface area contributed by atoms with Gasteiger partial charge in [-0.25, -0.2) is 4.98 Å². The summed E-state index contributed by atoms with van der Waals surface area (Å²) in [6.45, 7) is 5.97. The molecule has 1 unspecified atom stereocenters. The molecule has 0 radical (unpaired) electrons. The van der Waals surface area contributed by atoms with Crippen molar-refractivity contribution in [3.63, 3.8) is 0 Å². The van der Waals surface area contributed by atoms with Crippen LogP contribution >= 0.6 is 23.1 Å². The van der Waals surface area contributed by atoms with Crippen molar-refractivity contribution in [1.29, 1.82) is 0 Å². The number of aromatic nitrogens is 1. The summed E-state index contributed by atoms with van der Waals surface area (Å²) in [7, 11) is 0. The Morgan fingerprint density at radius 1 is 1.27 bits per heavy atom. The summed E-state index contributed by atoms with van der Waals surface area (Å²) in [5.41, 5.74) is 3.18. The molecule has 0 saturated carbocycles. The minimum atomic E-state index is 0.00601. The zero-order valence-corrected chi connectivity index (χ0v) is 16.7. The Hall–Kier alpha value is -2.05. The third-order valence-electron chi connectivity index (χ3n) is 4.10. The van der Waals surface area contributed by atoms with E-state index in [0.29, 0.717) is 17.4 Å². The quantitative estimate of drug-likeness (QED) is 0.611. The highest BCUT2D eigenvalue weighted by molar-refractivity contribution is 7.99. The minimum Gasteiger partial charge on any atom is -0.440 e. The lowest BCUT2D eigenvalue weighted by molar-refractivity contribution is -0.119. The van der Waals surface area contributed by atoms with Gasteiger partial charge in [-0.15, -0.1) is 23.1 Å². The Bertz CT molecular complexity index is 871. The first-order valence-corrected chi connectivity index (χ1v) is 10.5. The van der Waals surface area contributed by atoms with Gasteiger partial charge in [0.15, 0.2) is 0 Å². The number of thioether (sulfide) groups is 1. The van der Waals surface area contributed by atoms with Gasteiger partial charge < -0.3 is 9.73 Å². The van der Waals surface area contributed by atoms with E-state index in [0.717, 1.165) is 21.9 Å². The predicted molar refractivity (Wildman–Crippen MR) is 108 cm³/mol. The third-order valence-corrected chi connectivity index (χ3v) is 6.05. The maximum Gasteiger partial charge on any atom is 0.237 e. The van der Waals surface area contributed by atoms with Crippen molar-refractivity contribution in [2.24, 2.45) is 0 Å². The van der Waals surface area contributed by atoms with Crippen LogP contribution in [0, 0.1) is 13.8 Å². The molecule has 3 aromatic rings. The second kappa shape index (κ2) is 8.56. The van der Waals surface area contributed by atoms with Gasteiger partial charge in [-0.05, 0) is 43.3 Å². The number of carbonyl (C=O) groups excluding carboxylic acids is 1. The van der Waals surface area contributed by atoms with Gasteiger partial charge in [0, 0.05) is 5.75 Å². The molecule has 1 aromatic carbocycles. The highest BCUT2D eigenvalue weighted by Crippen LogP contribution is 2.30. The van der Waals surface area contributed by atoms with E-state index in [1.807, 2.05) is 49.6 Å². The van der Waals surface area contributed by atoms with E-state index in [2.05, 4.69) is 23.3 Å². The number of nitrogens with zero attached hydrogens (tertiary/aromatic N) is 1. The molecule has 1 N–H and O–H groups in total. The molecule has 136 valence electrons. The van der Waals surface area contributed by atoms with Gasteiger partial charge >= 0.3 is 0 Å². The van der Waals surface area contributed by atoms with Crippen LogP contribution in [-0.2, 0) is 10.5 Å². The fourth-order valence-electron chi connectivity index (χ4n) is 2.60. The van der Waals surface area contributed by atoms with Crippen LogP contribution in [0.3, 0.4) is 0 Å². The van der Waals surface area contributed by atoms with Gasteiger partial charge in [-0.3, -0.25) is 4.79 Å². The number of amides is 1. The van der Waals surface area contributed by atoms with Crippen LogP contribution < -0.4 is 5.32 Å². The van der Waals surface area contributed by atoms with Gasteiger partial charge in [0.2, 0.25) is 11.8 Å². The van der Waals surface area contributed by atoms with Crippen molar-refractivity contribution in [2.75, 3.05) is 5.75 Å². The molecule has 0 spiro atoms. The van der Waals surface area contributed by atoms with Crippen LogP contribution in [-0.4, -0.2) is 16.6 Å². The molecule has 26 heavy (non-hydrogen) atoms. The van der Waals surface area contributed by atoms with Gasteiger partial charge in [-0.1, -0.05) is 30.3 Å². The molecular formula is C20H22N2O2S2. The van der Waals surface area contributed by atoms with E-state index >= 15 is 0 Å². The van der Waals surface area contributed by atoms with E-state index in [1.165, 1.54) is 5.56 Å². The van der Waals surface area contributed by atoms with Crippen LogP contribution in [0.4, 0.5) is 0 Å². The fourth-order valence-corrected chi connectivity index (χ4v) is 4.28. The van der Waals surface area contributed by atoms with Crippen molar-refractivity contribution < 1.29 is 9.21 Å². The Kier molecular flexibility index (Phi) is 6.16. The van der Waals surface area contributed by atoms with Gasteiger partial charge in [0.1, 0.15) is 5.76 Å². The second-order valence-electron chi connectivity index (χ2n) is 6.15. The average molecular weight is 387 g/mol. The van der Waals surface area contributed by atoms with Crippen molar-refractivity contribution in [1.82, 2.24) is 10.3 Å². The maximum absolute atomic E-state index is 12.2. The van der Waals surface area contributed by atoms with Gasteiger partial charge in [0.05, 0.1) is 22.4 Å². The Morgan fingerprint density at radius 3 is 2.73 bits per heavy atom. The van der Waals surface area contributed by atoms with E-state index < -0.39 is 0 Å². The van der Waals surface area contributed by atoms with Crippen LogP contribution in [0.25, 0.3) is 10.8 Å². The number of nitrogens with one attached hydrogen (secondary N) is 1. The molecule has 3 rings (SSSR count). The zero-order valence-electron chi connectivity index (χ0n) is 15.1. The smallest absolute Gasteiger partial charge is 0.237 e. The molecule has 0 bridgehead atoms. The molecule has 2 aromatic heterocycles. The van der Waals surface area contributed by atoms with E-state index in [-0.39, 0.29) is 11.9 Å². The summed E-state index contributed by atoms with van der Waals surface area (Å²) < 4.78 is 5.81. The highest BCUT2D eigenvalue weighted by atomic mass is 32.2. The first-order chi connectivity index (χ1) is 12.5. The second-order valence-corrected chi connectivity index (χ2v) is 8.05. The molecule has 0 aliphatic heterocycles.